The van der Waals surface area contributed by atoms with Crippen molar-refractivity contribution >= 4 is 5.91 Å². The Balaban J connectivity index is 1.71. The third kappa shape index (κ3) is 2.74. The second kappa shape index (κ2) is 5.77. The molecule has 8 heteroatoms. The van der Waals surface area contributed by atoms with Crippen LogP contribution in [0.1, 0.15) is 54.9 Å². The highest BCUT2D eigenvalue weighted by molar-refractivity contribution is 5.94. The molecule has 0 aromatic carbocycles. The van der Waals surface area contributed by atoms with E-state index in [0.29, 0.717) is 23.3 Å². The molecular formula is C18H24N5O3+. The van der Waals surface area contributed by atoms with Crippen molar-refractivity contribution in [3.05, 3.63) is 35.5 Å². The van der Waals surface area contributed by atoms with Crippen LogP contribution >= 0.6 is 0 Å². The van der Waals surface area contributed by atoms with Crippen LogP contribution in [0.4, 0.5) is 0 Å². The lowest BCUT2D eigenvalue weighted by Gasteiger charge is -2.29. The summed E-state index contributed by atoms with van der Waals surface area (Å²) in [5.74, 6) is 1.18. The molecule has 2 aliphatic carbocycles. The van der Waals surface area contributed by atoms with Crippen LogP contribution in [0.25, 0.3) is 5.82 Å². The van der Waals surface area contributed by atoms with E-state index in [0.717, 1.165) is 28.8 Å². The van der Waals surface area contributed by atoms with Gasteiger partial charge in [0.2, 0.25) is 12.0 Å². The fourth-order valence-corrected chi connectivity index (χ4v) is 3.72. The van der Waals surface area contributed by atoms with Gasteiger partial charge in [-0.25, -0.2) is 9.67 Å². The molecule has 3 atom stereocenters. The minimum Gasteiger partial charge on any atom is -0.394 e. The average molecular weight is 358 g/mol. The first-order valence-corrected chi connectivity index (χ1v) is 8.90. The maximum Gasteiger partial charge on any atom is 0.272 e. The number of carbonyl (C=O) groups is 1. The molecule has 2 aromatic heterocycles. The molecule has 8 nitrogen and oxygen atoms in total. The standard InChI is InChI=1S/C18H23N5O3/c1-18(2,3)13(9-24)20-17(25)15-12-7-10-6-11(10)16(12)23(21-15)14-8-22(26)5-4-19-14/h4-5,8,10-11,13,24H,6-7,9H2,1-3H3,(H-,19,20,25,26)/p+1/t10-,11-,13?/m0/s1. The second-order valence-corrected chi connectivity index (χ2v) is 8.30. The fraction of sp³-hybridized carbons (Fsp3) is 0.556. The van der Waals surface area contributed by atoms with E-state index in [1.54, 1.807) is 4.68 Å². The Morgan fingerprint density at radius 3 is 2.92 bits per heavy atom. The van der Waals surface area contributed by atoms with Crippen LogP contribution in [-0.4, -0.2) is 43.6 Å². The number of aliphatic hydroxyl groups is 1. The Morgan fingerprint density at radius 1 is 1.50 bits per heavy atom. The van der Waals surface area contributed by atoms with Gasteiger partial charge in [0.15, 0.2) is 5.69 Å². The molecule has 0 bridgehead atoms. The number of aliphatic hydroxyl groups excluding tert-OH is 1. The molecule has 2 aliphatic rings. The van der Waals surface area contributed by atoms with Crippen molar-refractivity contribution in [3.8, 4) is 5.82 Å². The summed E-state index contributed by atoms with van der Waals surface area (Å²) in [4.78, 5) is 17.2. The molecule has 0 saturated heterocycles. The van der Waals surface area contributed by atoms with Crippen LogP contribution in [0.2, 0.25) is 0 Å². The fourth-order valence-electron chi connectivity index (χ4n) is 3.72. The number of hydrogen-bond donors (Lipinski definition) is 3. The molecular weight excluding hydrogens is 334 g/mol. The van der Waals surface area contributed by atoms with Gasteiger partial charge in [-0.3, -0.25) is 10.0 Å². The predicted octanol–water partition coefficient (Wildman–Crippen LogP) is 0.589. The summed E-state index contributed by atoms with van der Waals surface area (Å²) in [6, 6.07) is -0.360. The van der Waals surface area contributed by atoms with E-state index in [2.05, 4.69) is 15.4 Å². The quantitative estimate of drug-likeness (QED) is 0.548. The summed E-state index contributed by atoms with van der Waals surface area (Å²) >= 11 is 0. The molecule has 4 rings (SSSR count). The van der Waals surface area contributed by atoms with Gasteiger partial charge in [-0.2, -0.15) is 5.10 Å². The highest BCUT2D eigenvalue weighted by Crippen LogP contribution is 2.57. The first kappa shape index (κ1) is 17.0. The van der Waals surface area contributed by atoms with Crippen LogP contribution in [0.3, 0.4) is 0 Å². The monoisotopic (exact) mass is 358 g/mol. The van der Waals surface area contributed by atoms with Gasteiger partial charge in [0.25, 0.3) is 12.1 Å². The molecule has 0 spiro atoms. The zero-order valence-electron chi connectivity index (χ0n) is 15.2. The lowest BCUT2D eigenvalue weighted by Crippen LogP contribution is -2.46. The number of nitrogens with zero attached hydrogens (tertiary/aromatic N) is 4. The summed E-state index contributed by atoms with van der Waals surface area (Å²) in [5, 5.41) is 26.8. The number of amides is 1. The van der Waals surface area contributed by atoms with E-state index in [4.69, 9.17) is 0 Å². The van der Waals surface area contributed by atoms with Crippen LogP contribution in [0, 0.1) is 11.3 Å². The van der Waals surface area contributed by atoms with Crippen LogP contribution in [0.5, 0.6) is 0 Å². The van der Waals surface area contributed by atoms with Gasteiger partial charge in [-0.1, -0.05) is 20.8 Å². The Labute approximate surface area is 151 Å². The van der Waals surface area contributed by atoms with Crippen molar-refractivity contribution in [2.24, 2.45) is 11.3 Å². The molecule has 3 N–H and O–H groups in total. The minimum absolute atomic E-state index is 0.131. The van der Waals surface area contributed by atoms with Crippen LogP contribution < -0.4 is 10.0 Å². The van der Waals surface area contributed by atoms with Gasteiger partial charge >= 0.3 is 0 Å². The molecule has 0 radical (unpaired) electrons. The highest BCUT2D eigenvalue weighted by Gasteiger charge is 2.50. The first-order valence-electron chi connectivity index (χ1n) is 8.90. The Kier molecular flexibility index (Phi) is 3.76. The SMILES string of the molecule is CC(C)(C)C(CO)NC(=O)c1nn(-c2c[n+](O)ccn2)c2c1C[C@@H]1C[C@H]21. The number of fused-ring (bicyclic) bond motifs is 3. The number of aromatic nitrogens is 4. The molecule has 2 aromatic rings. The van der Waals surface area contributed by atoms with E-state index in [9.17, 15) is 15.1 Å². The topological polar surface area (TPSA) is 104 Å². The summed E-state index contributed by atoms with van der Waals surface area (Å²) in [5.41, 5.74) is 2.12. The maximum absolute atomic E-state index is 12.9. The van der Waals surface area contributed by atoms with Crippen LogP contribution in [0.15, 0.2) is 18.6 Å². The van der Waals surface area contributed by atoms with Gasteiger partial charge in [-0.05, 0) is 24.2 Å². The summed E-state index contributed by atoms with van der Waals surface area (Å²) in [6.45, 7) is 5.79. The number of hydrogen-bond acceptors (Lipinski definition) is 5. The van der Waals surface area contributed by atoms with Gasteiger partial charge in [-0.15, -0.1) is 0 Å². The lowest BCUT2D eigenvalue weighted by atomic mass is 9.87. The van der Waals surface area contributed by atoms with Crippen LogP contribution in [-0.2, 0) is 6.42 Å². The largest absolute Gasteiger partial charge is 0.394 e. The molecule has 26 heavy (non-hydrogen) atoms. The molecule has 1 fully saturated rings. The van der Waals surface area contributed by atoms with Crippen molar-refractivity contribution in [3.63, 3.8) is 0 Å². The van der Waals surface area contributed by atoms with Crippen molar-refractivity contribution in [2.75, 3.05) is 6.61 Å². The molecule has 138 valence electrons. The predicted molar refractivity (Wildman–Crippen MR) is 91.1 cm³/mol. The number of carbonyl (C=O) groups excluding carboxylic acids is 1. The van der Waals surface area contributed by atoms with Gasteiger partial charge in [0.1, 0.15) is 0 Å². The maximum atomic E-state index is 12.9. The number of rotatable bonds is 4. The average Bonchev–Trinajstić information content (AvgIpc) is 3.07. The van der Waals surface area contributed by atoms with E-state index in [-0.39, 0.29) is 24.0 Å². The van der Waals surface area contributed by atoms with Crippen molar-refractivity contribution in [2.45, 2.75) is 45.6 Å². The van der Waals surface area contributed by atoms with Gasteiger partial charge in [0.05, 0.1) is 24.5 Å². The molecule has 1 saturated carbocycles. The molecule has 2 heterocycles. The zero-order valence-corrected chi connectivity index (χ0v) is 15.2. The normalized spacial score (nSPS) is 21.8. The Morgan fingerprint density at radius 2 is 2.27 bits per heavy atom. The summed E-state index contributed by atoms with van der Waals surface area (Å²) in [7, 11) is 0. The Bertz CT molecular complexity index is 870. The summed E-state index contributed by atoms with van der Waals surface area (Å²) < 4.78 is 2.61. The minimum atomic E-state index is -0.360. The van der Waals surface area contributed by atoms with E-state index < -0.39 is 0 Å². The van der Waals surface area contributed by atoms with E-state index in [1.807, 2.05) is 20.8 Å². The zero-order chi connectivity index (χ0) is 18.6. The highest BCUT2D eigenvalue weighted by atomic mass is 16.5. The number of nitrogens with one attached hydrogen (secondary N) is 1. The van der Waals surface area contributed by atoms with Crippen molar-refractivity contribution in [1.82, 2.24) is 20.1 Å². The van der Waals surface area contributed by atoms with E-state index in [1.165, 1.54) is 18.6 Å². The van der Waals surface area contributed by atoms with E-state index >= 15 is 0 Å². The molecule has 1 unspecified atom stereocenters. The molecule has 1 amide bonds. The third-order valence-electron chi connectivity index (χ3n) is 5.40. The Hall–Kier alpha value is -2.48. The van der Waals surface area contributed by atoms with Crippen molar-refractivity contribution in [1.29, 1.82) is 0 Å². The molecule has 0 aliphatic heterocycles. The second-order valence-electron chi connectivity index (χ2n) is 8.30. The summed E-state index contributed by atoms with van der Waals surface area (Å²) in [6.07, 6.45) is 6.33. The first-order chi connectivity index (χ1) is 12.3. The lowest BCUT2D eigenvalue weighted by molar-refractivity contribution is -0.904. The van der Waals surface area contributed by atoms with Gasteiger partial charge in [0, 0.05) is 16.2 Å². The van der Waals surface area contributed by atoms with Crippen molar-refractivity contribution < 1.29 is 19.8 Å². The smallest absolute Gasteiger partial charge is 0.272 e. The van der Waals surface area contributed by atoms with Gasteiger partial charge < -0.3 is 10.4 Å². The third-order valence-corrected chi connectivity index (χ3v) is 5.40.